The van der Waals surface area contributed by atoms with E-state index in [0.29, 0.717) is 6.54 Å². The molecule has 5 heteroatoms. The van der Waals surface area contributed by atoms with Crippen molar-refractivity contribution in [1.82, 2.24) is 9.88 Å². The van der Waals surface area contributed by atoms with Gasteiger partial charge >= 0.3 is 0 Å². The second-order valence-electron chi connectivity index (χ2n) is 5.77. The van der Waals surface area contributed by atoms with Gasteiger partial charge in [-0.25, -0.2) is 4.98 Å². The summed E-state index contributed by atoms with van der Waals surface area (Å²) in [6, 6.07) is 13.6. The largest absolute Gasteiger partial charge is 0.497 e. The van der Waals surface area contributed by atoms with Crippen LogP contribution in [0.4, 0.5) is 5.82 Å². The first kappa shape index (κ1) is 15.8. The Balaban J connectivity index is 1.54. The molecule has 1 saturated heterocycles. The number of β-amino-alcohol motifs (C(OH)–C–C–N with tert-alkyl or cyclic N) is 1. The fraction of sp³-hybridized carbons (Fsp3) is 0.389. The Morgan fingerprint density at radius 1 is 1.13 bits per heavy atom. The Labute approximate surface area is 137 Å². The summed E-state index contributed by atoms with van der Waals surface area (Å²) in [5.74, 6) is 1.81. The number of piperazine rings is 1. The highest BCUT2D eigenvalue weighted by atomic mass is 16.5. The van der Waals surface area contributed by atoms with E-state index in [-0.39, 0.29) is 0 Å². The Hall–Kier alpha value is -2.11. The van der Waals surface area contributed by atoms with Crippen LogP contribution in [0, 0.1) is 0 Å². The van der Waals surface area contributed by atoms with Gasteiger partial charge in [-0.3, -0.25) is 4.90 Å². The number of benzene rings is 1. The number of rotatable bonds is 5. The predicted molar refractivity (Wildman–Crippen MR) is 90.8 cm³/mol. The molecule has 0 aliphatic carbocycles. The quantitative estimate of drug-likeness (QED) is 0.914. The summed E-state index contributed by atoms with van der Waals surface area (Å²) in [4.78, 5) is 8.98. The summed E-state index contributed by atoms with van der Waals surface area (Å²) in [5.41, 5.74) is 0.900. The third kappa shape index (κ3) is 4.00. The third-order valence-corrected chi connectivity index (χ3v) is 4.26. The second-order valence-corrected chi connectivity index (χ2v) is 5.77. The first-order valence-corrected chi connectivity index (χ1v) is 7.96. The van der Waals surface area contributed by atoms with E-state index in [4.69, 9.17) is 4.74 Å². The number of anilines is 1. The molecule has 0 amide bonds. The van der Waals surface area contributed by atoms with Crippen LogP contribution in [-0.2, 0) is 0 Å². The molecule has 0 radical (unpaired) electrons. The van der Waals surface area contributed by atoms with E-state index < -0.39 is 6.10 Å². The minimum atomic E-state index is -0.494. The van der Waals surface area contributed by atoms with Gasteiger partial charge in [0.15, 0.2) is 0 Å². The zero-order chi connectivity index (χ0) is 16.1. The molecular formula is C18H23N3O2. The van der Waals surface area contributed by atoms with Gasteiger partial charge in [-0.1, -0.05) is 18.2 Å². The van der Waals surface area contributed by atoms with E-state index in [1.165, 1.54) is 0 Å². The van der Waals surface area contributed by atoms with Crippen molar-refractivity contribution in [3.05, 3.63) is 54.2 Å². The molecule has 1 N–H and O–H groups in total. The number of methoxy groups -OCH3 is 1. The molecule has 0 spiro atoms. The lowest BCUT2D eigenvalue weighted by molar-refractivity contribution is 0.109. The van der Waals surface area contributed by atoms with Gasteiger partial charge < -0.3 is 14.7 Å². The lowest BCUT2D eigenvalue weighted by Crippen LogP contribution is -2.47. The standard InChI is InChI=1S/C18H23N3O2/c1-23-16-6-4-5-15(13-16)17(22)14-20-9-11-21(12-10-20)18-7-2-3-8-19-18/h2-8,13,17,22H,9-12,14H2,1H3/t17-/m1/s1. The summed E-state index contributed by atoms with van der Waals surface area (Å²) in [7, 11) is 1.64. The molecule has 2 aromatic rings. The van der Waals surface area contributed by atoms with Gasteiger partial charge in [-0.05, 0) is 29.8 Å². The molecule has 3 rings (SSSR count). The van der Waals surface area contributed by atoms with Crippen LogP contribution < -0.4 is 9.64 Å². The minimum Gasteiger partial charge on any atom is -0.497 e. The van der Waals surface area contributed by atoms with Crippen LogP contribution in [0.15, 0.2) is 48.7 Å². The van der Waals surface area contributed by atoms with Crippen LogP contribution in [0.2, 0.25) is 0 Å². The number of aromatic nitrogens is 1. The zero-order valence-electron chi connectivity index (χ0n) is 13.4. The maximum Gasteiger partial charge on any atom is 0.128 e. The third-order valence-electron chi connectivity index (χ3n) is 4.26. The number of ether oxygens (including phenoxy) is 1. The smallest absolute Gasteiger partial charge is 0.128 e. The lowest BCUT2D eigenvalue weighted by Gasteiger charge is -2.36. The normalized spacial score (nSPS) is 17.0. The van der Waals surface area contributed by atoms with Gasteiger partial charge in [-0.15, -0.1) is 0 Å². The molecule has 5 nitrogen and oxygen atoms in total. The van der Waals surface area contributed by atoms with Gasteiger partial charge in [0.1, 0.15) is 11.6 Å². The minimum absolute atomic E-state index is 0.494. The van der Waals surface area contributed by atoms with Gasteiger partial charge in [0, 0.05) is 38.9 Å². The average Bonchev–Trinajstić information content (AvgIpc) is 2.63. The maximum absolute atomic E-state index is 10.5. The number of hydrogen-bond acceptors (Lipinski definition) is 5. The molecule has 0 bridgehead atoms. The van der Waals surface area contributed by atoms with E-state index in [0.717, 1.165) is 43.3 Å². The van der Waals surface area contributed by atoms with Crippen molar-refractivity contribution in [2.24, 2.45) is 0 Å². The fourth-order valence-corrected chi connectivity index (χ4v) is 2.90. The monoisotopic (exact) mass is 313 g/mol. The molecule has 1 fully saturated rings. The molecule has 1 atom stereocenters. The van der Waals surface area contributed by atoms with Crippen molar-refractivity contribution in [3.8, 4) is 5.75 Å². The summed E-state index contributed by atoms with van der Waals surface area (Å²) in [6.07, 6.45) is 1.33. The Kier molecular flexibility index (Phi) is 5.10. The number of hydrogen-bond donors (Lipinski definition) is 1. The predicted octanol–water partition coefficient (Wildman–Crippen LogP) is 1.95. The first-order valence-electron chi connectivity index (χ1n) is 7.96. The molecule has 122 valence electrons. The molecular weight excluding hydrogens is 290 g/mol. The summed E-state index contributed by atoms with van der Waals surface area (Å²) in [5, 5.41) is 10.5. The van der Waals surface area contributed by atoms with Crippen molar-refractivity contribution in [1.29, 1.82) is 0 Å². The van der Waals surface area contributed by atoms with Gasteiger partial charge in [-0.2, -0.15) is 0 Å². The van der Waals surface area contributed by atoms with Crippen molar-refractivity contribution in [2.45, 2.75) is 6.10 Å². The SMILES string of the molecule is COc1cccc([C@H](O)CN2CCN(c3ccccn3)CC2)c1. The van der Waals surface area contributed by atoms with E-state index in [9.17, 15) is 5.11 Å². The van der Waals surface area contributed by atoms with Crippen molar-refractivity contribution in [3.63, 3.8) is 0 Å². The van der Waals surface area contributed by atoms with Crippen LogP contribution >= 0.6 is 0 Å². The van der Waals surface area contributed by atoms with Crippen LogP contribution in [0.5, 0.6) is 5.75 Å². The average molecular weight is 313 g/mol. The molecule has 1 aromatic carbocycles. The summed E-state index contributed by atoms with van der Waals surface area (Å²) < 4.78 is 5.22. The molecule has 1 aliphatic heterocycles. The van der Waals surface area contributed by atoms with E-state index in [1.807, 2.05) is 48.7 Å². The van der Waals surface area contributed by atoms with E-state index >= 15 is 0 Å². The Bertz CT molecular complexity index is 613. The zero-order valence-corrected chi connectivity index (χ0v) is 13.4. The van der Waals surface area contributed by atoms with Crippen molar-refractivity contribution >= 4 is 5.82 Å². The van der Waals surface area contributed by atoms with Gasteiger partial charge in [0.25, 0.3) is 0 Å². The number of aliphatic hydroxyl groups excluding tert-OH is 1. The number of nitrogens with zero attached hydrogens (tertiary/aromatic N) is 3. The Morgan fingerprint density at radius 3 is 2.65 bits per heavy atom. The Morgan fingerprint density at radius 2 is 1.96 bits per heavy atom. The highest BCUT2D eigenvalue weighted by Gasteiger charge is 2.20. The van der Waals surface area contributed by atoms with Crippen LogP contribution in [0.3, 0.4) is 0 Å². The molecule has 1 aromatic heterocycles. The van der Waals surface area contributed by atoms with Gasteiger partial charge in [0.2, 0.25) is 0 Å². The number of aliphatic hydroxyl groups is 1. The van der Waals surface area contributed by atoms with Crippen LogP contribution in [-0.4, -0.2) is 54.8 Å². The number of pyridine rings is 1. The maximum atomic E-state index is 10.5. The van der Waals surface area contributed by atoms with E-state index in [1.54, 1.807) is 7.11 Å². The summed E-state index contributed by atoms with van der Waals surface area (Å²) >= 11 is 0. The molecule has 1 aliphatic rings. The molecule has 0 unspecified atom stereocenters. The molecule has 0 saturated carbocycles. The van der Waals surface area contributed by atoms with Crippen molar-refractivity contribution in [2.75, 3.05) is 44.7 Å². The molecule has 23 heavy (non-hydrogen) atoms. The first-order chi connectivity index (χ1) is 11.3. The summed E-state index contributed by atoms with van der Waals surface area (Å²) in [6.45, 7) is 4.36. The van der Waals surface area contributed by atoms with Gasteiger partial charge in [0.05, 0.1) is 13.2 Å². The fourth-order valence-electron chi connectivity index (χ4n) is 2.90. The lowest BCUT2D eigenvalue weighted by atomic mass is 10.1. The highest BCUT2D eigenvalue weighted by molar-refractivity contribution is 5.38. The van der Waals surface area contributed by atoms with E-state index in [2.05, 4.69) is 14.8 Å². The highest BCUT2D eigenvalue weighted by Crippen LogP contribution is 2.21. The van der Waals surface area contributed by atoms with Crippen LogP contribution in [0.1, 0.15) is 11.7 Å². The van der Waals surface area contributed by atoms with Crippen molar-refractivity contribution < 1.29 is 9.84 Å². The molecule has 2 heterocycles. The van der Waals surface area contributed by atoms with Crippen LogP contribution in [0.25, 0.3) is 0 Å². The topological polar surface area (TPSA) is 48.8 Å². The second kappa shape index (κ2) is 7.44.